The SMILES string of the molecule is c1ccc(-c2cc(-c3nc(-c4ccccc4)nc(-c4ccccc4)n3)cc(-n3c4cc5c(ccn5-c5ccccc5)cc4c4ccc5sc6ccccc6c5c43)c2)cc1. The van der Waals surface area contributed by atoms with Gasteiger partial charge >= 0.3 is 0 Å². The van der Waals surface area contributed by atoms with Crippen LogP contribution in [0.2, 0.25) is 0 Å². The summed E-state index contributed by atoms with van der Waals surface area (Å²) in [5, 5.41) is 6.15. The maximum absolute atomic E-state index is 5.21. The minimum Gasteiger partial charge on any atom is -0.316 e. The molecular formula is C53H33N5S. The fourth-order valence-corrected chi connectivity index (χ4v) is 9.74. The van der Waals surface area contributed by atoms with Crippen molar-refractivity contribution in [2.45, 2.75) is 0 Å². The quantitative estimate of drug-likeness (QED) is 0.169. The Morgan fingerprint density at radius 2 is 0.966 bits per heavy atom. The Balaban J connectivity index is 1.20. The number of hydrogen-bond donors (Lipinski definition) is 0. The molecule has 5 nitrogen and oxygen atoms in total. The van der Waals surface area contributed by atoms with Gasteiger partial charge in [-0.05, 0) is 71.8 Å². The van der Waals surface area contributed by atoms with Gasteiger partial charge in [0, 0.05) is 70.6 Å². The summed E-state index contributed by atoms with van der Waals surface area (Å²) in [6.07, 6.45) is 2.18. The molecule has 0 N–H and O–H groups in total. The van der Waals surface area contributed by atoms with Crippen LogP contribution in [0.25, 0.3) is 110 Å². The lowest BCUT2D eigenvalue weighted by atomic mass is 10.0. The third kappa shape index (κ3) is 5.57. The highest BCUT2D eigenvalue weighted by atomic mass is 32.1. The topological polar surface area (TPSA) is 48.5 Å². The van der Waals surface area contributed by atoms with E-state index < -0.39 is 0 Å². The molecule has 0 fully saturated rings. The Hall–Kier alpha value is -7.67. The first-order chi connectivity index (χ1) is 29.2. The van der Waals surface area contributed by atoms with Crippen LogP contribution in [0.4, 0.5) is 0 Å². The van der Waals surface area contributed by atoms with Crippen LogP contribution in [0.5, 0.6) is 0 Å². The van der Waals surface area contributed by atoms with E-state index in [9.17, 15) is 0 Å². The summed E-state index contributed by atoms with van der Waals surface area (Å²) in [4.78, 5) is 15.4. The molecular weight excluding hydrogens is 739 g/mol. The number of thiophene rings is 1. The molecule has 59 heavy (non-hydrogen) atoms. The van der Waals surface area contributed by atoms with Gasteiger partial charge in [-0.25, -0.2) is 15.0 Å². The van der Waals surface area contributed by atoms with Crippen molar-refractivity contribution < 1.29 is 0 Å². The molecule has 12 rings (SSSR count). The highest BCUT2D eigenvalue weighted by molar-refractivity contribution is 7.26. The lowest BCUT2D eigenvalue weighted by molar-refractivity contribution is 1.07. The standard InChI is InChI=1S/C53H33N5S/c1-5-15-34(16-6-1)38-29-39(53-55-51(35-17-7-2-8-18-35)54-52(56-53)36-19-9-3-10-20-36)31-41(30-38)58-46-33-45-37(27-28-57(45)40-21-11-4-12-22-40)32-44(46)42-25-26-48-49(50(42)58)43-23-13-14-24-47(43)59-48/h1-33H. The second-order valence-corrected chi connectivity index (χ2v) is 16.0. The van der Waals surface area contributed by atoms with E-state index in [0.29, 0.717) is 17.5 Å². The van der Waals surface area contributed by atoms with Gasteiger partial charge in [0.1, 0.15) is 0 Å². The zero-order chi connectivity index (χ0) is 38.9. The van der Waals surface area contributed by atoms with Crippen molar-refractivity contribution in [2.24, 2.45) is 0 Å². The molecule has 0 saturated carbocycles. The van der Waals surface area contributed by atoms with Crippen LogP contribution in [-0.4, -0.2) is 24.1 Å². The van der Waals surface area contributed by atoms with E-state index in [1.54, 1.807) is 0 Å². The predicted octanol–water partition coefficient (Wildman–Crippen LogP) is 13.9. The van der Waals surface area contributed by atoms with Crippen molar-refractivity contribution >= 4 is 64.2 Å². The van der Waals surface area contributed by atoms with E-state index in [1.165, 1.54) is 41.8 Å². The van der Waals surface area contributed by atoms with Crippen LogP contribution in [-0.2, 0) is 0 Å². The molecule has 0 unspecified atom stereocenters. The number of benzene rings is 8. The summed E-state index contributed by atoms with van der Waals surface area (Å²) in [5.74, 6) is 1.88. The first-order valence-electron chi connectivity index (χ1n) is 19.8. The smallest absolute Gasteiger partial charge is 0.164 e. The Morgan fingerprint density at radius 1 is 0.373 bits per heavy atom. The van der Waals surface area contributed by atoms with Crippen molar-refractivity contribution in [3.63, 3.8) is 0 Å². The normalized spacial score (nSPS) is 11.7. The average molecular weight is 772 g/mol. The van der Waals surface area contributed by atoms with Gasteiger partial charge in [-0.3, -0.25) is 0 Å². The third-order valence-corrected chi connectivity index (χ3v) is 12.5. The van der Waals surface area contributed by atoms with Gasteiger partial charge in [0.25, 0.3) is 0 Å². The van der Waals surface area contributed by atoms with E-state index >= 15 is 0 Å². The fourth-order valence-electron chi connectivity index (χ4n) is 8.63. The largest absolute Gasteiger partial charge is 0.316 e. The molecule has 8 aromatic carbocycles. The van der Waals surface area contributed by atoms with Gasteiger partial charge < -0.3 is 9.13 Å². The van der Waals surface area contributed by atoms with E-state index in [2.05, 4.69) is 173 Å². The van der Waals surface area contributed by atoms with Crippen molar-refractivity contribution in [1.29, 1.82) is 0 Å². The second kappa shape index (κ2) is 13.5. The molecule has 0 aliphatic carbocycles. The summed E-state index contributed by atoms with van der Waals surface area (Å²) in [6, 6.07) is 68.8. The predicted molar refractivity (Wildman–Crippen MR) is 246 cm³/mol. The van der Waals surface area contributed by atoms with Crippen molar-refractivity contribution in [1.82, 2.24) is 24.1 Å². The summed E-state index contributed by atoms with van der Waals surface area (Å²) in [5.41, 5.74) is 10.6. The van der Waals surface area contributed by atoms with Crippen LogP contribution in [0.15, 0.2) is 200 Å². The van der Waals surface area contributed by atoms with Crippen LogP contribution in [0.1, 0.15) is 0 Å². The molecule has 0 radical (unpaired) electrons. The summed E-state index contributed by atoms with van der Waals surface area (Å²) in [7, 11) is 0. The Kier molecular flexibility index (Phi) is 7.64. The highest BCUT2D eigenvalue weighted by Gasteiger charge is 2.22. The van der Waals surface area contributed by atoms with E-state index in [-0.39, 0.29) is 0 Å². The molecule has 0 aliphatic rings. The molecule has 0 bridgehead atoms. The molecule has 0 spiro atoms. The molecule has 4 heterocycles. The molecule has 0 aliphatic heterocycles. The molecule has 0 atom stereocenters. The number of nitrogens with zero attached hydrogens (tertiary/aromatic N) is 5. The molecule has 276 valence electrons. The minimum atomic E-state index is 0.615. The zero-order valence-corrected chi connectivity index (χ0v) is 32.5. The van der Waals surface area contributed by atoms with Crippen LogP contribution in [0.3, 0.4) is 0 Å². The summed E-state index contributed by atoms with van der Waals surface area (Å²) < 4.78 is 7.32. The van der Waals surface area contributed by atoms with Gasteiger partial charge in [-0.2, -0.15) is 0 Å². The van der Waals surface area contributed by atoms with Crippen LogP contribution < -0.4 is 0 Å². The van der Waals surface area contributed by atoms with Gasteiger partial charge in [-0.1, -0.05) is 133 Å². The Morgan fingerprint density at radius 3 is 1.66 bits per heavy atom. The maximum atomic E-state index is 5.21. The first-order valence-corrected chi connectivity index (χ1v) is 20.6. The molecule has 0 saturated heterocycles. The molecule has 12 aromatic rings. The van der Waals surface area contributed by atoms with Crippen LogP contribution in [0, 0.1) is 0 Å². The summed E-state index contributed by atoms with van der Waals surface area (Å²) >= 11 is 1.85. The number of para-hydroxylation sites is 1. The first kappa shape index (κ1) is 33.5. The Bertz CT molecular complexity index is 3480. The monoisotopic (exact) mass is 771 g/mol. The van der Waals surface area contributed by atoms with Crippen molar-refractivity contribution in [3.05, 3.63) is 200 Å². The second-order valence-electron chi connectivity index (χ2n) is 14.9. The minimum absolute atomic E-state index is 0.615. The number of hydrogen-bond acceptors (Lipinski definition) is 4. The average Bonchev–Trinajstić information content (AvgIpc) is 4.00. The van der Waals surface area contributed by atoms with Crippen LogP contribution >= 0.6 is 11.3 Å². The maximum Gasteiger partial charge on any atom is 0.164 e. The molecule has 4 aromatic heterocycles. The number of rotatable bonds is 6. The fraction of sp³-hybridized carbons (Fsp3) is 0. The van der Waals surface area contributed by atoms with Gasteiger partial charge in [0.05, 0.1) is 16.6 Å². The van der Waals surface area contributed by atoms with Crippen molar-refractivity contribution in [2.75, 3.05) is 0 Å². The number of aromatic nitrogens is 5. The third-order valence-electron chi connectivity index (χ3n) is 11.4. The lowest BCUT2D eigenvalue weighted by Gasteiger charge is -2.15. The van der Waals surface area contributed by atoms with E-state index in [1.807, 2.05) is 47.7 Å². The van der Waals surface area contributed by atoms with Crippen molar-refractivity contribution in [3.8, 4) is 56.7 Å². The zero-order valence-electron chi connectivity index (χ0n) is 31.7. The highest BCUT2D eigenvalue weighted by Crippen LogP contribution is 2.45. The van der Waals surface area contributed by atoms with Gasteiger partial charge in [0.15, 0.2) is 17.5 Å². The summed E-state index contributed by atoms with van der Waals surface area (Å²) in [6.45, 7) is 0. The van der Waals surface area contributed by atoms with E-state index in [0.717, 1.165) is 50.2 Å². The number of fused-ring (bicyclic) bond motifs is 8. The van der Waals surface area contributed by atoms with Gasteiger partial charge in [0.2, 0.25) is 0 Å². The lowest BCUT2D eigenvalue weighted by Crippen LogP contribution is -2.02. The molecule has 6 heteroatoms. The van der Waals surface area contributed by atoms with E-state index in [4.69, 9.17) is 15.0 Å². The molecule has 0 amide bonds. The Labute approximate surface area is 343 Å². The van der Waals surface area contributed by atoms with Gasteiger partial charge in [-0.15, -0.1) is 11.3 Å².